The van der Waals surface area contributed by atoms with Crippen molar-refractivity contribution in [3.8, 4) is 22.6 Å². The number of imidazole rings is 1. The summed E-state index contributed by atoms with van der Waals surface area (Å²) in [6, 6.07) is 7.68. The van der Waals surface area contributed by atoms with Gasteiger partial charge in [-0.15, -0.1) is 0 Å². The summed E-state index contributed by atoms with van der Waals surface area (Å²) < 4.78 is 0. The molecule has 1 aromatic carbocycles. The number of hydrogen-bond acceptors (Lipinski definition) is 6. The molecular weight excluding hydrogens is 372 g/mol. The van der Waals surface area contributed by atoms with Crippen LogP contribution < -0.4 is 5.69 Å². The van der Waals surface area contributed by atoms with Crippen LogP contribution >= 0.6 is 0 Å². The van der Waals surface area contributed by atoms with Crippen LogP contribution in [-0.4, -0.2) is 59.0 Å². The van der Waals surface area contributed by atoms with Crippen molar-refractivity contribution in [2.24, 2.45) is 0 Å². The number of nitrogens with zero attached hydrogens (tertiary/aromatic N) is 5. The topological polar surface area (TPSA) is 136 Å². The number of likely N-dealkylation sites (tertiary alicyclic amines) is 1. The predicted molar refractivity (Wildman–Crippen MR) is 105 cm³/mol. The number of aromatic nitrogens is 7. The minimum atomic E-state index is -0.349. The van der Waals surface area contributed by atoms with E-state index in [0.29, 0.717) is 42.2 Å². The Labute approximate surface area is 164 Å². The summed E-state index contributed by atoms with van der Waals surface area (Å²) in [4.78, 5) is 44.2. The Bertz CT molecular complexity index is 1220. The Morgan fingerprint density at radius 2 is 1.76 bits per heavy atom. The smallest absolute Gasteiger partial charge is 0.326 e. The van der Waals surface area contributed by atoms with Crippen LogP contribution in [0.3, 0.4) is 0 Å². The molecule has 0 atom stereocenters. The normalized spacial score (nSPS) is 14.2. The average molecular weight is 390 g/mol. The van der Waals surface area contributed by atoms with Crippen LogP contribution in [0.1, 0.15) is 18.5 Å². The summed E-state index contributed by atoms with van der Waals surface area (Å²) in [7, 11) is 0. The van der Waals surface area contributed by atoms with E-state index in [1.165, 1.54) is 6.33 Å². The van der Waals surface area contributed by atoms with Gasteiger partial charge in [0.25, 0.3) is 0 Å². The quantitative estimate of drug-likeness (QED) is 0.469. The molecule has 3 N–H and O–H groups in total. The molecule has 10 nitrogen and oxygen atoms in total. The first kappa shape index (κ1) is 17.3. The first-order chi connectivity index (χ1) is 14.2. The van der Waals surface area contributed by atoms with Crippen molar-refractivity contribution in [3.63, 3.8) is 0 Å². The molecule has 0 unspecified atom stereocenters. The average Bonchev–Trinajstić information content (AvgIpc) is 3.46. The van der Waals surface area contributed by atoms with Crippen molar-refractivity contribution >= 4 is 17.2 Å². The molecule has 0 spiro atoms. The minimum Gasteiger partial charge on any atom is -0.342 e. The Kier molecular flexibility index (Phi) is 4.15. The fraction of sp³-hybridized carbons (Fsp3) is 0.263. The zero-order valence-electron chi connectivity index (χ0n) is 15.5. The number of rotatable bonds is 5. The summed E-state index contributed by atoms with van der Waals surface area (Å²) in [6.45, 7) is 1.35. The molecular formula is C19H18N8O2. The molecule has 0 saturated carbocycles. The van der Waals surface area contributed by atoms with Crippen molar-refractivity contribution in [2.45, 2.75) is 19.3 Å². The molecule has 4 heterocycles. The van der Waals surface area contributed by atoms with Gasteiger partial charge < -0.3 is 4.90 Å². The second-order valence-electron chi connectivity index (χ2n) is 6.93. The second-order valence-corrected chi connectivity index (χ2v) is 6.93. The van der Waals surface area contributed by atoms with Gasteiger partial charge in [-0.05, 0) is 6.42 Å². The van der Waals surface area contributed by atoms with E-state index in [4.69, 9.17) is 0 Å². The number of amides is 1. The number of fused-ring (bicyclic) bond motifs is 1. The zero-order valence-corrected chi connectivity index (χ0v) is 15.5. The van der Waals surface area contributed by atoms with Crippen LogP contribution in [0.2, 0.25) is 0 Å². The van der Waals surface area contributed by atoms with E-state index in [1.807, 2.05) is 29.2 Å². The standard InChI is InChI=1S/C19H18N8O2/c28-14-2-1-8-27(14)9-7-13-15(23-18-17(22-13)24-19(29)25-18)11-3-5-12(6-4-11)16-20-10-21-26-16/h3-6,10H,1-2,7-9H2,(H,20,21,26)(H2,22,23,24,25,29). The Balaban J connectivity index is 1.52. The van der Waals surface area contributed by atoms with Crippen molar-refractivity contribution < 1.29 is 4.79 Å². The molecule has 146 valence electrons. The highest BCUT2D eigenvalue weighted by molar-refractivity contribution is 5.78. The summed E-state index contributed by atoms with van der Waals surface area (Å²) in [5, 5.41) is 6.79. The molecule has 1 fully saturated rings. The number of nitrogens with one attached hydrogen (secondary N) is 3. The molecule has 4 aromatic rings. The van der Waals surface area contributed by atoms with Crippen LogP contribution in [0, 0.1) is 0 Å². The highest BCUT2D eigenvalue weighted by Gasteiger charge is 2.21. The van der Waals surface area contributed by atoms with Crippen LogP contribution in [0.4, 0.5) is 0 Å². The van der Waals surface area contributed by atoms with Gasteiger partial charge in [-0.1, -0.05) is 24.3 Å². The van der Waals surface area contributed by atoms with Gasteiger partial charge in [-0.25, -0.2) is 19.7 Å². The number of hydrogen-bond donors (Lipinski definition) is 3. The monoisotopic (exact) mass is 390 g/mol. The Hall–Kier alpha value is -3.82. The number of benzene rings is 1. The molecule has 29 heavy (non-hydrogen) atoms. The van der Waals surface area contributed by atoms with Crippen molar-refractivity contribution in [3.05, 3.63) is 46.8 Å². The first-order valence-corrected chi connectivity index (χ1v) is 9.40. The van der Waals surface area contributed by atoms with Crippen LogP contribution in [-0.2, 0) is 11.2 Å². The van der Waals surface area contributed by atoms with Gasteiger partial charge in [0.2, 0.25) is 5.91 Å². The third-order valence-corrected chi connectivity index (χ3v) is 5.05. The highest BCUT2D eigenvalue weighted by Crippen LogP contribution is 2.25. The van der Waals surface area contributed by atoms with Crippen molar-refractivity contribution in [1.82, 2.24) is 40.0 Å². The number of aromatic amines is 3. The largest absolute Gasteiger partial charge is 0.342 e. The van der Waals surface area contributed by atoms with Gasteiger partial charge in [-0.3, -0.25) is 19.9 Å². The molecule has 0 radical (unpaired) electrons. The van der Waals surface area contributed by atoms with Crippen molar-refractivity contribution in [1.29, 1.82) is 0 Å². The number of carbonyl (C=O) groups excluding carboxylic acids is 1. The predicted octanol–water partition coefficient (Wildman–Crippen LogP) is 1.26. The van der Waals surface area contributed by atoms with Gasteiger partial charge in [0.05, 0.1) is 11.4 Å². The summed E-state index contributed by atoms with van der Waals surface area (Å²) in [6.07, 6.45) is 3.58. The Morgan fingerprint density at radius 1 is 1.00 bits per heavy atom. The van der Waals surface area contributed by atoms with E-state index in [0.717, 1.165) is 29.8 Å². The maximum absolute atomic E-state index is 11.9. The van der Waals surface area contributed by atoms with Gasteiger partial charge in [0.1, 0.15) is 6.33 Å². The van der Waals surface area contributed by atoms with E-state index < -0.39 is 0 Å². The minimum absolute atomic E-state index is 0.173. The Morgan fingerprint density at radius 3 is 2.45 bits per heavy atom. The molecule has 0 aliphatic carbocycles. The maximum atomic E-state index is 11.9. The van der Waals surface area contributed by atoms with Crippen LogP contribution in [0.15, 0.2) is 35.4 Å². The van der Waals surface area contributed by atoms with Gasteiger partial charge in [0, 0.05) is 37.1 Å². The molecule has 1 aliphatic rings. The van der Waals surface area contributed by atoms with Crippen LogP contribution in [0.25, 0.3) is 33.9 Å². The zero-order chi connectivity index (χ0) is 19.8. The molecule has 5 rings (SSSR count). The fourth-order valence-corrected chi connectivity index (χ4v) is 3.60. The molecule has 3 aromatic heterocycles. The van der Waals surface area contributed by atoms with E-state index >= 15 is 0 Å². The summed E-state index contributed by atoms with van der Waals surface area (Å²) in [5.41, 5.74) is 3.63. The highest BCUT2D eigenvalue weighted by atomic mass is 16.2. The van der Waals surface area contributed by atoms with Gasteiger partial charge in [0.15, 0.2) is 17.1 Å². The molecule has 0 bridgehead atoms. The van der Waals surface area contributed by atoms with Crippen molar-refractivity contribution in [2.75, 3.05) is 13.1 Å². The third kappa shape index (κ3) is 3.28. The molecule has 10 heteroatoms. The third-order valence-electron chi connectivity index (χ3n) is 5.05. The molecule has 1 aliphatic heterocycles. The second kappa shape index (κ2) is 6.97. The maximum Gasteiger partial charge on any atom is 0.326 e. The molecule has 1 amide bonds. The summed E-state index contributed by atoms with van der Waals surface area (Å²) >= 11 is 0. The fourth-order valence-electron chi connectivity index (χ4n) is 3.60. The van der Waals surface area contributed by atoms with E-state index in [-0.39, 0.29) is 11.6 Å². The lowest BCUT2D eigenvalue weighted by Crippen LogP contribution is -2.27. The first-order valence-electron chi connectivity index (χ1n) is 9.40. The van der Waals surface area contributed by atoms with Gasteiger partial charge >= 0.3 is 5.69 Å². The van der Waals surface area contributed by atoms with E-state index in [9.17, 15) is 9.59 Å². The van der Waals surface area contributed by atoms with E-state index in [1.54, 1.807) is 0 Å². The lowest BCUT2D eigenvalue weighted by molar-refractivity contribution is -0.127. The van der Waals surface area contributed by atoms with E-state index in [2.05, 4.69) is 35.1 Å². The van der Waals surface area contributed by atoms with Crippen LogP contribution in [0.5, 0.6) is 0 Å². The number of carbonyl (C=O) groups is 1. The molecule has 1 saturated heterocycles. The lowest BCUT2D eigenvalue weighted by Gasteiger charge is -2.16. The SMILES string of the molecule is O=C1CCCN1CCc1nc2[nH]c(=O)[nH]c2nc1-c1ccc(-c2nc[nH]n2)cc1. The van der Waals surface area contributed by atoms with Gasteiger partial charge in [-0.2, -0.15) is 5.10 Å². The lowest BCUT2D eigenvalue weighted by atomic mass is 10.1. The summed E-state index contributed by atoms with van der Waals surface area (Å²) in [5.74, 6) is 0.785. The number of H-pyrrole nitrogens is 3.